The molecule has 0 aliphatic heterocycles. The van der Waals surface area contributed by atoms with E-state index in [2.05, 4.69) is 28.9 Å². The Kier molecular flexibility index (Phi) is 5.93. The molecule has 0 amide bonds. The highest BCUT2D eigenvalue weighted by atomic mass is 79.9. The summed E-state index contributed by atoms with van der Waals surface area (Å²) >= 11 is 4.78. The van der Waals surface area contributed by atoms with Crippen molar-refractivity contribution in [3.8, 4) is 6.07 Å². The third kappa shape index (κ3) is 3.96. The minimum absolute atomic E-state index is 0.0489. The van der Waals surface area contributed by atoms with Crippen LogP contribution in [0.4, 0.5) is 0 Å². The quantitative estimate of drug-likeness (QED) is 0.502. The average Bonchev–Trinajstić information content (AvgIpc) is 2.65. The molecular formula is C20H19BrN2OS. The van der Waals surface area contributed by atoms with E-state index in [1.54, 1.807) is 0 Å². The van der Waals surface area contributed by atoms with Crippen LogP contribution >= 0.6 is 27.7 Å². The molecule has 25 heavy (non-hydrogen) atoms. The molecule has 0 unspecified atom stereocenters. The van der Waals surface area contributed by atoms with Crippen LogP contribution < -0.4 is 0 Å². The summed E-state index contributed by atoms with van der Waals surface area (Å²) in [7, 11) is 0. The lowest BCUT2D eigenvalue weighted by atomic mass is 9.87. The van der Waals surface area contributed by atoms with Crippen LogP contribution in [-0.2, 0) is 19.3 Å². The summed E-state index contributed by atoms with van der Waals surface area (Å²) in [5, 5.41) is 10.4. The average molecular weight is 415 g/mol. The number of aryl methyl sites for hydroxylation is 1. The van der Waals surface area contributed by atoms with Gasteiger partial charge in [0.1, 0.15) is 11.1 Å². The molecule has 2 aromatic rings. The van der Waals surface area contributed by atoms with Gasteiger partial charge < -0.3 is 0 Å². The molecule has 0 spiro atoms. The first kappa shape index (κ1) is 18.2. The minimum atomic E-state index is 0.0489. The molecule has 0 atom stereocenters. The maximum absolute atomic E-state index is 12.5. The lowest BCUT2D eigenvalue weighted by Gasteiger charge is -2.21. The fourth-order valence-electron chi connectivity index (χ4n) is 3.27. The molecule has 3 nitrogen and oxygen atoms in total. The number of carbonyl (C=O) groups is 1. The Hall–Kier alpha value is -1.64. The van der Waals surface area contributed by atoms with E-state index in [1.807, 2.05) is 24.3 Å². The zero-order valence-electron chi connectivity index (χ0n) is 14.1. The number of pyridine rings is 1. The van der Waals surface area contributed by atoms with Gasteiger partial charge in [-0.1, -0.05) is 46.7 Å². The monoisotopic (exact) mass is 414 g/mol. The topological polar surface area (TPSA) is 53.8 Å². The van der Waals surface area contributed by atoms with Crippen LogP contribution in [0.3, 0.4) is 0 Å². The second kappa shape index (κ2) is 8.16. The minimum Gasteiger partial charge on any atom is -0.293 e. The predicted octanol–water partition coefficient (Wildman–Crippen LogP) is 5.13. The molecule has 3 rings (SSSR count). The van der Waals surface area contributed by atoms with Crippen LogP contribution in [-0.4, -0.2) is 16.5 Å². The van der Waals surface area contributed by atoms with E-state index in [0.29, 0.717) is 21.9 Å². The molecule has 0 radical (unpaired) electrons. The third-order valence-electron chi connectivity index (χ3n) is 4.50. The van der Waals surface area contributed by atoms with Crippen molar-refractivity contribution in [1.82, 2.24) is 4.98 Å². The normalized spacial score (nSPS) is 13.2. The van der Waals surface area contributed by atoms with E-state index in [4.69, 9.17) is 4.98 Å². The van der Waals surface area contributed by atoms with E-state index < -0.39 is 0 Å². The smallest absolute Gasteiger partial charge is 0.173 e. The maximum atomic E-state index is 12.5. The van der Waals surface area contributed by atoms with Crippen molar-refractivity contribution in [1.29, 1.82) is 5.26 Å². The summed E-state index contributed by atoms with van der Waals surface area (Å²) < 4.78 is 0.890. The van der Waals surface area contributed by atoms with Gasteiger partial charge >= 0.3 is 0 Å². The van der Waals surface area contributed by atoms with E-state index in [1.165, 1.54) is 23.7 Å². The number of hydrogen-bond acceptors (Lipinski definition) is 4. The van der Waals surface area contributed by atoms with Gasteiger partial charge in [-0.15, -0.1) is 0 Å². The highest BCUT2D eigenvalue weighted by Crippen LogP contribution is 2.33. The molecule has 0 bridgehead atoms. The Balaban J connectivity index is 1.87. The Morgan fingerprint density at radius 1 is 1.32 bits per heavy atom. The Morgan fingerprint density at radius 3 is 2.76 bits per heavy atom. The van der Waals surface area contributed by atoms with Crippen LogP contribution in [0.5, 0.6) is 0 Å². The summed E-state index contributed by atoms with van der Waals surface area (Å²) in [6.07, 6.45) is 5.11. The number of fused-ring (bicyclic) bond motifs is 1. The maximum Gasteiger partial charge on any atom is 0.173 e. The SMILES string of the molecule is CCc1nc(SCC(=O)c2cccc(Br)c2)c(C#N)c2c1CCCC2. The van der Waals surface area contributed by atoms with Crippen molar-refractivity contribution >= 4 is 33.5 Å². The van der Waals surface area contributed by atoms with Crippen molar-refractivity contribution in [3.05, 3.63) is 56.7 Å². The molecule has 1 aliphatic rings. The summed E-state index contributed by atoms with van der Waals surface area (Å²) in [5.41, 5.74) is 4.88. The number of benzene rings is 1. The van der Waals surface area contributed by atoms with Crippen LogP contribution in [0.2, 0.25) is 0 Å². The van der Waals surface area contributed by atoms with Gasteiger partial charge in [-0.2, -0.15) is 5.26 Å². The summed E-state index contributed by atoms with van der Waals surface area (Å²) in [4.78, 5) is 17.2. The molecule has 0 saturated carbocycles. The Morgan fingerprint density at radius 2 is 2.08 bits per heavy atom. The first-order valence-electron chi connectivity index (χ1n) is 8.50. The predicted molar refractivity (Wildman–Crippen MR) is 104 cm³/mol. The number of ketones is 1. The number of thioether (sulfide) groups is 1. The number of nitrogens with zero attached hydrogens (tertiary/aromatic N) is 2. The van der Waals surface area contributed by atoms with Gasteiger partial charge in [0.05, 0.1) is 11.3 Å². The largest absolute Gasteiger partial charge is 0.293 e. The second-order valence-corrected chi connectivity index (χ2v) is 7.97. The van der Waals surface area contributed by atoms with Crippen molar-refractivity contribution in [3.63, 3.8) is 0 Å². The number of Topliss-reactive ketones (excluding diaryl/α,β-unsaturated/α-hetero) is 1. The van der Waals surface area contributed by atoms with Gasteiger partial charge in [0.2, 0.25) is 0 Å². The molecule has 1 heterocycles. The van der Waals surface area contributed by atoms with Gasteiger partial charge in [0.15, 0.2) is 5.78 Å². The molecule has 5 heteroatoms. The number of halogens is 1. The van der Waals surface area contributed by atoms with E-state index in [9.17, 15) is 10.1 Å². The fourth-order valence-corrected chi connectivity index (χ4v) is 4.59. The Bertz CT molecular complexity index is 858. The third-order valence-corrected chi connectivity index (χ3v) is 5.97. The first-order chi connectivity index (χ1) is 12.1. The summed E-state index contributed by atoms with van der Waals surface area (Å²) in [5.74, 6) is 0.341. The van der Waals surface area contributed by atoms with Gasteiger partial charge in [0, 0.05) is 15.7 Å². The molecule has 0 fully saturated rings. The van der Waals surface area contributed by atoms with Crippen molar-refractivity contribution in [2.24, 2.45) is 0 Å². The van der Waals surface area contributed by atoms with E-state index in [0.717, 1.165) is 41.4 Å². The summed E-state index contributed by atoms with van der Waals surface area (Å²) in [6, 6.07) is 9.74. The van der Waals surface area contributed by atoms with Crippen LogP contribution in [0.1, 0.15) is 52.5 Å². The van der Waals surface area contributed by atoms with Crippen molar-refractivity contribution in [2.45, 2.75) is 44.1 Å². The van der Waals surface area contributed by atoms with Gasteiger partial charge in [-0.25, -0.2) is 4.98 Å². The van der Waals surface area contributed by atoms with Crippen LogP contribution in [0, 0.1) is 11.3 Å². The van der Waals surface area contributed by atoms with Gasteiger partial charge in [-0.05, 0) is 55.4 Å². The highest BCUT2D eigenvalue weighted by molar-refractivity contribution is 9.10. The zero-order valence-corrected chi connectivity index (χ0v) is 16.5. The number of hydrogen-bond donors (Lipinski definition) is 0. The fraction of sp³-hybridized carbons (Fsp3) is 0.350. The number of nitriles is 1. The van der Waals surface area contributed by atoms with Crippen LogP contribution in [0.15, 0.2) is 33.8 Å². The first-order valence-corrected chi connectivity index (χ1v) is 10.3. The zero-order chi connectivity index (χ0) is 17.8. The lowest BCUT2D eigenvalue weighted by molar-refractivity contribution is 0.102. The summed E-state index contributed by atoms with van der Waals surface area (Å²) in [6.45, 7) is 2.10. The number of carbonyl (C=O) groups excluding carboxylic acids is 1. The number of aromatic nitrogens is 1. The lowest BCUT2D eigenvalue weighted by Crippen LogP contribution is -2.13. The van der Waals surface area contributed by atoms with Crippen molar-refractivity contribution in [2.75, 3.05) is 5.75 Å². The van der Waals surface area contributed by atoms with E-state index in [-0.39, 0.29) is 5.78 Å². The molecular weight excluding hydrogens is 396 g/mol. The Labute approximate surface area is 161 Å². The molecule has 0 saturated heterocycles. The highest BCUT2D eigenvalue weighted by Gasteiger charge is 2.22. The van der Waals surface area contributed by atoms with Gasteiger partial charge in [-0.3, -0.25) is 4.79 Å². The second-order valence-electron chi connectivity index (χ2n) is 6.09. The number of rotatable bonds is 5. The van der Waals surface area contributed by atoms with E-state index >= 15 is 0 Å². The molecule has 1 aromatic carbocycles. The molecule has 1 aromatic heterocycles. The molecule has 128 valence electrons. The van der Waals surface area contributed by atoms with Crippen molar-refractivity contribution < 1.29 is 4.79 Å². The standard InChI is InChI=1S/C20H19BrN2OS/c1-2-18-16-9-4-3-8-15(16)17(11-22)20(23-18)25-12-19(24)13-6-5-7-14(21)10-13/h5-7,10H,2-4,8-9,12H2,1H3. The molecule has 1 aliphatic carbocycles. The van der Waals surface area contributed by atoms with Crippen LogP contribution in [0.25, 0.3) is 0 Å². The molecule has 0 N–H and O–H groups in total. The van der Waals surface area contributed by atoms with Gasteiger partial charge in [0.25, 0.3) is 0 Å².